The first kappa shape index (κ1) is 20.3. The van der Waals surface area contributed by atoms with Crippen LogP contribution in [-0.4, -0.2) is 29.1 Å². The van der Waals surface area contributed by atoms with Crippen molar-refractivity contribution in [3.05, 3.63) is 108 Å². The smallest absolute Gasteiger partial charge is 0.133 e. The zero-order valence-corrected chi connectivity index (χ0v) is 19.2. The van der Waals surface area contributed by atoms with Crippen LogP contribution in [0.15, 0.2) is 85.6 Å². The molecule has 0 radical (unpaired) electrons. The highest BCUT2D eigenvalue weighted by molar-refractivity contribution is 5.85. The van der Waals surface area contributed by atoms with Gasteiger partial charge in [-0.25, -0.2) is 0 Å². The number of fused-ring (bicyclic) bond motifs is 3. The molecule has 0 aliphatic carbocycles. The number of likely N-dealkylation sites (N-methyl/N-ethyl adjacent to an activating group) is 1. The normalized spacial score (nSPS) is 19.8. The second kappa shape index (κ2) is 8.24. The van der Waals surface area contributed by atoms with E-state index in [0.29, 0.717) is 6.04 Å². The van der Waals surface area contributed by atoms with Crippen molar-refractivity contribution in [2.45, 2.75) is 37.8 Å². The summed E-state index contributed by atoms with van der Waals surface area (Å²) in [4.78, 5) is 2.52. The van der Waals surface area contributed by atoms with Gasteiger partial charge in [0, 0.05) is 34.3 Å². The van der Waals surface area contributed by atoms with Crippen molar-refractivity contribution in [2.24, 2.45) is 0 Å². The molecule has 6 rings (SSSR count). The molecule has 0 N–H and O–H groups in total. The highest BCUT2D eigenvalue weighted by Gasteiger charge is 2.32. The lowest BCUT2D eigenvalue weighted by atomic mass is 9.89. The summed E-state index contributed by atoms with van der Waals surface area (Å²) in [6.45, 7) is 5.22. The Balaban J connectivity index is 1.57. The second-order valence-electron chi connectivity index (χ2n) is 9.42. The zero-order chi connectivity index (χ0) is 22.4. The van der Waals surface area contributed by atoms with Crippen molar-refractivity contribution >= 4 is 10.9 Å². The minimum absolute atomic E-state index is 0.0704. The molecule has 3 nitrogen and oxygen atoms in total. The molecular weight excluding hydrogens is 404 g/mol. The summed E-state index contributed by atoms with van der Waals surface area (Å²) < 4.78 is 8.89. The first-order valence-electron chi connectivity index (χ1n) is 12.0. The van der Waals surface area contributed by atoms with E-state index in [1.165, 1.54) is 52.5 Å². The third-order valence-corrected chi connectivity index (χ3v) is 7.46. The fourth-order valence-electron chi connectivity index (χ4n) is 5.83. The van der Waals surface area contributed by atoms with Gasteiger partial charge in [-0.05, 0) is 68.6 Å². The van der Waals surface area contributed by atoms with Gasteiger partial charge in [0.05, 0.1) is 6.04 Å². The Morgan fingerprint density at radius 3 is 2.64 bits per heavy atom. The first-order chi connectivity index (χ1) is 16.2. The summed E-state index contributed by atoms with van der Waals surface area (Å²) >= 11 is 0. The van der Waals surface area contributed by atoms with Gasteiger partial charge in [0.15, 0.2) is 0 Å². The number of para-hydroxylation sites is 2. The molecule has 2 aliphatic rings. The van der Waals surface area contributed by atoms with Gasteiger partial charge < -0.3 is 14.2 Å². The van der Waals surface area contributed by atoms with E-state index < -0.39 is 0 Å². The van der Waals surface area contributed by atoms with Crippen molar-refractivity contribution in [2.75, 3.05) is 13.6 Å². The maximum absolute atomic E-state index is 6.40. The monoisotopic (exact) mass is 434 g/mol. The fraction of sp³-hybridized carbons (Fsp3) is 0.267. The van der Waals surface area contributed by atoms with Gasteiger partial charge in [-0.3, -0.25) is 0 Å². The van der Waals surface area contributed by atoms with Crippen molar-refractivity contribution in [3.63, 3.8) is 0 Å². The average molecular weight is 435 g/mol. The first-order valence-corrected chi connectivity index (χ1v) is 12.0. The van der Waals surface area contributed by atoms with E-state index in [4.69, 9.17) is 4.74 Å². The summed E-state index contributed by atoms with van der Waals surface area (Å²) in [5, 5.41) is 1.37. The average Bonchev–Trinajstić information content (AvgIpc) is 3.41. The molecule has 0 unspecified atom stereocenters. The minimum atomic E-state index is 0.0704. The van der Waals surface area contributed by atoms with Crippen LogP contribution in [0.4, 0.5) is 0 Å². The van der Waals surface area contributed by atoms with Gasteiger partial charge in [0.2, 0.25) is 0 Å². The van der Waals surface area contributed by atoms with Crippen LogP contribution in [0.1, 0.15) is 41.1 Å². The maximum Gasteiger partial charge on any atom is 0.133 e. The van der Waals surface area contributed by atoms with Gasteiger partial charge in [0.1, 0.15) is 11.5 Å². The molecule has 3 aromatic carbocycles. The van der Waals surface area contributed by atoms with Crippen molar-refractivity contribution < 1.29 is 4.74 Å². The number of hydrogen-bond acceptors (Lipinski definition) is 2. The number of ether oxygens (including phenoxy) is 1. The molecule has 0 saturated carbocycles. The summed E-state index contributed by atoms with van der Waals surface area (Å²) in [5.74, 6) is 1.90. The van der Waals surface area contributed by atoms with E-state index in [1.54, 1.807) is 0 Å². The van der Waals surface area contributed by atoms with Gasteiger partial charge >= 0.3 is 0 Å². The van der Waals surface area contributed by atoms with Crippen LogP contribution in [0.2, 0.25) is 0 Å². The van der Waals surface area contributed by atoms with E-state index >= 15 is 0 Å². The van der Waals surface area contributed by atoms with Crippen LogP contribution in [0.5, 0.6) is 11.5 Å². The van der Waals surface area contributed by atoms with Gasteiger partial charge in [0.25, 0.3) is 0 Å². The number of benzene rings is 3. The molecular formula is C30H30N2O. The number of hydrogen-bond donors (Lipinski definition) is 0. The van der Waals surface area contributed by atoms with Crippen LogP contribution in [-0.2, 0) is 12.8 Å². The number of rotatable bonds is 5. The van der Waals surface area contributed by atoms with E-state index in [2.05, 4.69) is 96.0 Å². The molecule has 0 amide bonds. The van der Waals surface area contributed by atoms with Crippen molar-refractivity contribution in [1.82, 2.24) is 9.47 Å². The predicted molar refractivity (Wildman–Crippen MR) is 135 cm³/mol. The van der Waals surface area contributed by atoms with E-state index in [9.17, 15) is 0 Å². The van der Waals surface area contributed by atoms with Crippen molar-refractivity contribution in [3.8, 4) is 11.5 Å². The van der Waals surface area contributed by atoms with Crippen LogP contribution >= 0.6 is 0 Å². The Hall–Kier alpha value is -3.30. The van der Waals surface area contributed by atoms with Crippen molar-refractivity contribution in [1.29, 1.82) is 0 Å². The zero-order valence-electron chi connectivity index (χ0n) is 19.2. The Labute approximate surface area is 195 Å². The predicted octanol–water partition coefficient (Wildman–Crippen LogP) is 6.75. The lowest BCUT2D eigenvalue weighted by Crippen LogP contribution is -2.26. The number of likely N-dealkylation sites (tertiary alicyclic amines) is 1. The Morgan fingerprint density at radius 2 is 1.79 bits per heavy atom. The molecule has 2 aliphatic heterocycles. The minimum Gasteiger partial charge on any atom is -0.457 e. The molecule has 2 atom stereocenters. The molecule has 166 valence electrons. The van der Waals surface area contributed by atoms with Crippen LogP contribution in [0.3, 0.4) is 0 Å². The Bertz CT molecular complexity index is 1330. The highest BCUT2D eigenvalue weighted by atomic mass is 16.5. The maximum atomic E-state index is 6.40. The SMILES string of the molecule is C=CCc1cccc2c1[C@@H](n1cc(C[C@@H]3CCCN3C)c3ccccc31)c1ccccc1O2. The van der Waals surface area contributed by atoms with Gasteiger partial charge in [-0.15, -0.1) is 6.58 Å². The topological polar surface area (TPSA) is 17.4 Å². The highest BCUT2D eigenvalue weighted by Crippen LogP contribution is 2.47. The third-order valence-electron chi connectivity index (χ3n) is 7.46. The second-order valence-corrected chi connectivity index (χ2v) is 9.42. The van der Waals surface area contributed by atoms with E-state index in [0.717, 1.165) is 24.3 Å². The summed E-state index contributed by atoms with van der Waals surface area (Å²) in [6.07, 6.45) is 8.90. The number of nitrogens with zero attached hydrogens (tertiary/aromatic N) is 2. The van der Waals surface area contributed by atoms with Gasteiger partial charge in [-0.1, -0.05) is 54.6 Å². The summed E-state index contributed by atoms with van der Waals surface area (Å²) in [6, 6.07) is 24.5. The largest absolute Gasteiger partial charge is 0.457 e. The standard InChI is InChI=1S/C30H30N2O/c1-3-10-21-11-8-17-28-29(21)30(25-14-5-7-16-27(25)33-28)32-20-22(19-23-12-9-18-31(23)2)24-13-4-6-15-26(24)32/h3-8,11,13-17,20,23,30H,1,9-10,12,18-19H2,2H3/t23-,30-/m0/s1. The Morgan fingerprint density at radius 1 is 0.970 bits per heavy atom. The molecule has 1 fully saturated rings. The molecule has 1 saturated heterocycles. The number of allylic oxidation sites excluding steroid dienone is 1. The molecule has 1 aromatic heterocycles. The third kappa shape index (κ3) is 3.39. The summed E-state index contributed by atoms with van der Waals surface area (Å²) in [7, 11) is 2.27. The van der Waals surface area contributed by atoms with Gasteiger partial charge in [-0.2, -0.15) is 0 Å². The lowest BCUT2D eigenvalue weighted by molar-refractivity contribution is 0.309. The molecule has 0 spiro atoms. The fourth-order valence-corrected chi connectivity index (χ4v) is 5.83. The van der Waals surface area contributed by atoms with Crippen LogP contribution in [0.25, 0.3) is 10.9 Å². The van der Waals surface area contributed by atoms with Crippen LogP contribution < -0.4 is 4.74 Å². The molecule has 0 bridgehead atoms. The Kier molecular flexibility index (Phi) is 5.07. The van der Waals surface area contributed by atoms with E-state index in [-0.39, 0.29) is 6.04 Å². The molecule has 33 heavy (non-hydrogen) atoms. The molecule has 3 heteroatoms. The van der Waals surface area contributed by atoms with Crippen LogP contribution in [0, 0.1) is 0 Å². The molecule has 4 aromatic rings. The quantitative estimate of drug-likeness (QED) is 0.285. The summed E-state index contributed by atoms with van der Waals surface area (Å²) in [5.41, 5.74) is 6.47. The molecule has 3 heterocycles. The van der Waals surface area contributed by atoms with E-state index in [1.807, 2.05) is 6.08 Å². The number of aromatic nitrogens is 1. The lowest BCUT2D eigenvalue weighted by Gasteiger charge is -2.31.